The number of benzene rings is 1. The third-order valence-electron chi connectivity index (χ3n) is 3.28. The van der Waals surface area contributed by atoms with Gasteiger partial charge in [0.2, 0.25) is 0 Å². The Balaban J connectivity index is 2.51. The Kier molecular flexibility index (Phi) is 9.11. The van der Waals surface area contributed by atoms with Crippen LogP contribution >= 0.6 is 0 Å². The van der Waals surface area contributed by atoms with E-state index in [0.29, 0.717) is 5.75 Å². The van der Waals surface area contributed by atoms with E-state index in [1.54, 1.807) is 12.1 Å². The minimum Gasteiger partial charge on any atom is -0.394 e. The van der Waals surface area contributed by atoms with Gasteiger partial charge in [0.15, 0.2) is 0 Å². The molecule has 1 N–H and O–H groups in total. The van der Waals surface area contributed by atoms with Crippen molar-refractivity contribution in [1.29, 1.82) is 0 Å². The summed E-state index contributed by atoms with van der Waals surface area (Å²) < 4.78 is 32.7. The maximum Gasteiger partial charge on any atom is 0.449 e. The van der Waals surface area contributed by atoms with Crippen molar-refractivity contribution in [2.45, 2.75) is 51.9 Å². The molecule has 0 radical (unpaired) electrons. The van der Waals surface area contributed by atoms with E-state index in [9.17, 15) is 8.42 Å². The molecule has 0 saturated carbocycles. The fourth-order valence-electron chi connectivity index (χ4n) is 2.16. The van der Waals surface area contributed by atoms with Crippen LogP contribution in [0.5, 0.6) is 5.75 Å². The number of unbranched alkanes of at least 4 members (excludes halogenated alkanes) is 5. The molecular formula is C16H26O5S. The van der Waals surface area contributed by atoms with E-state index in [4.69, 9.17) is 9.29 Å². The van der Waals surface area contributed by atoms with Crippen LogP contribution in [-0.4, -0.2) is 26.7 Å². The summed E-state index contributed by atoms with van der Waals surface area (Å²) in [7, 11) is -4.12. The highest BCUT2D eigenvalue weighted by Crippen LogP contribution is 2.22. The molecule has 0 aromatic heterocycles. The molecule has 1 aromatic rings. The lowest BCUT2D eigenvalue weighted by Gasteiger charge is -2.10. The Hall–Kier alpha value is -1.11. The molecule has 126 valence electrons. The molecule has 5 nitrogen and oxygen atoms in total. The molecule has 0 aliphatic carbocycles. The fraction of sp³-hybridized carbons (Fsp3) is 0.625. The first-order valence-electron chi connectivity index (χ1n) is 7.86. The average Bonchev–Trinajstić information content (AvgIpc) is 2.50. The van der Waals surface area contributed by atoms with E-state index in [2.05, 4.69) is 11.1 Å². The third-order valence-corrected chi connectivity index (χ3v) is 4.12. The third kappa shape index (κ3) is 7.77. The molecule has 0 fully saturated rings. The van der Waals surface area contributed by atoms with Gasteiger partial charge in [-0.05, 0) is 24.5 Å². The molecule has 22 heavy (non-hydrogen) atoms. The number of aryl methyl sites for hydroxylation is 1. The van der Waals surface area contributed by atoms with E-state index >= 15 is 0 Å². The SMILES string of the molecule is CCCCCCCCc1ccccc1OS(=O)(=O)OCCO. The molecular weight excluding hydrogens is 304 g/mol. The highest BCUT2D eigenvalue weighted by Gasteiger charge is 2.15. The van der Waals surface area contributed by atoms with Crippen LogP contribution in [0.2, 0.25) is 0 Å². The van der Waals surface area contributed by atoms with Crippen LogP contribution in [0.25, 0.3) is 0 Å². The lowest BCUT2D eigenvalue weighted by atomic mass is 10.0. The van der Waals surface area contributed by atoms with Crippen molar-refractivity contribution in [3.63, 3.8) is 0 Å². The van der Waals surface area contributed by atoms with Gasteiger partial charge in [-0.1, -0.05) is 57.2 Å². The molecule has 1 rings (SSSR count). The average molecular weight is 330 g/mol. The van der Waals surface area contributed by atoms with Crippen molar-refractivity contribution in [1.82, 2.24) is 0 Å². The van der Waals surface area contributed by atoms with Gasteiger partial charge in [-0.2, -0.15) is 8.42 Å². The summed E-state index contributed by atoms with van der Waals surface area (Å²) in [6.45, 7) is 1.51. The Morgan fingerprint density at radius 3 is 2.45 bits per heavy atom. The van der Waals surface area contributed by atoms with Gasteiger partial charge in [-0.25, -0.2) is 4.18 Å². The maximum absolute atomic E-state index is 11.6. The summed E-state index contributed by atoms with van der Waals surface area (Å²) in [5.41, 5.74) is 0.856. The quantitative estimate of drug-likeness (QED) is 0.596. The normalized spacial score (nSPS) is 11.5. The lowest BCUT2D eigenvalue weighted by Crippen LogP contribution is -2.16. The zero-order chi connectivity index (χ0) is 16.3. The number of aliphatic hydroxyl groups excluding tert-OH is 1. The van der Waals surface area contributed by atoms with Gasteiger partial charge in [-0.15, -0.1) is 0 Å². The second-order valence-electron chi connectivity index (χ2n) is 5.16. The van der Waals surface area contributed by atoms with E-state index in [1.165, 1.54) is 25.7 Å². The minimum atomic E-state index is -4.12. The van der Waals surface area contributed by atoms with Crippen molar-refractivity contribution in [3.05, 3.63) is 29.8 Å². The first-order chi connectivity index (χ1) is 10.6. The van der Waals surface area contributed by atoms with Gasteiger partial charge in [-0.3, -0.25) is 0 Å². The van der Waals surface area contributed by atoms with Crippen molar-refractivity contribution in [2.75, 3.05) is 13.2 Å². The second kappa shape index (κ2) is 10.6. The minimum absolute atomic E-state index is 0.300. The van der Waals surface area contributed by atoms with Crippen molar-refractivity contribution >= 4 is 10.4 Å². The van der Waals surface area contributed by atoms with Crippen molar-refractivity contribution in [2.24, 2.45) is 0 Å². The molecule has 0 atom stereocenters. The van der Waals surface area contributed by atoms with E-state index < -0.39 is 10.4 Å². The summed E-state index contributed by atoms with van der Waals surface area (Å²) in [5, 5.41) is 8.61. The molecule has 1 aromatic carbocycles. The predicted molar refractivity (Wildman–Crippen MR) is 86.1 cm³/mol. The monoisotopic (exact) mass is 330 g/mol. The predicted octanol–water partition coefficient (Wildman–Crippen LogP) is 3.22. The summed E-state index contributed by atoms with van der Waals surface area (Å²) in [6.07, 6.45) is 7.84. The molecule has 0 amide bonds. The molecule has 0 heterocycles. The zero-order valence-electron chi connectivity index (χ0n) is 13.2. The molecule has 0 aliphatic heterocycles. The van der Waals surface area contributed by atoms with Crippen molar-refractivity contribution in [3.8, 4) is 5.75 Å². The smallest absolute Gasteiger partial charge is 0.394 e. The number of hydrogen-bond acceptors (Lipinski definition) is 5. The van der Waals surface area contributed by atoms with E-state index in [-0.39, 0.29) is 13.2 Å². The molecule has 0 unspecified atom stereocenters. The summed E-state index contributed by atoms with van der Waals surface area (Å²) in [6, 6.07) is 7.07. The Labute approximate surface area is 133 Å². The standard InChI is InChI=1S/C16H26O5S/c1-2-3-4-5-6-7-10-15-11-8-9-12-16(15)21-22(18,19)20-14-13-17/h8-9,11-12,17H,2-7,10,13-14H2,1H3. The van der Waals surface area contributed by atoms with Gasteiger partial charge in [0.1, 0.15) is 5.75 Å². The number of hydrogen-bond donors (Lipinski definition) is 1. The lowest BCUT2D eigenvalue weighted by molar-refractivity contribution is 0.190. The van der Waals surface area contributed by atoms with Gasteiger partial charge >= 0.3 is 10.4 Å². The molecule has 0 aliphatic rings. The second-order valence-corrected chi connectivity index (χ2v) is 6.38. The van der Waals surface area contributed by atoms with E-state index in [0.717, 1.165) is 24.8 Å². The highest BCUT2D eigenvalue weighted by atomic mass is 32.3. The molecule has 0 spiro atoms. The number of rotatable bonds is 12. The van der Waals surface area contributed by atoms with Crippen LogP contribution in [0, 0.1) is 0 Å². The topological polar surface area (TPSA) is 72.8 Å². The maximum atomic E-state index is 11.6. The van der Waals surface area contributed by atoms with Gasteiger partial charge in [0.05, 0.1) is 13.2 Å². The van der Waals surface area contributed by atoms with Crippen LogP contribution in [0.1, 0.15) is 51.0 Å². The van der Waals surface area contributed by atoms with Crippen LogP contribution in [0.3, 0.4) is 0 Å². The summed E-state index contributed by atoms with van der Waals surface area (Å²) in [5.74, 6) is 0.300. The molecule has 6 heteroatoms. The molecule has 0 saturated heterocycles. The van der Waals surface area contributed by atoms with Gasteiger partial charge in [0.25, 0.3) is 0 Å². The zero-order valence-corrected chi connectivity index (χ0v) is 14.0. The Morgan fingerprint density at radius 1 is 1.05 bits per heavy atom. The van der Waals surface area contributed by atoms with Crippen LogP contribution in [0.15, 0.2) is 24.3 Å². The van der Waals surface area contributed by atoms with Gasteiger partial charge in [0, 0.05) is 0 Å². The van der Waals surface area contributed by atoms with Gasteiger partial charge < -0.3 is 9.29 Å². The van der Waals surface area contributed by atoms with Crippen LogP contribution in [-0.2, 0) is 21.0 Å². The van der Waals surface area contributed by atoms with E-state index in [1.807, 2.05) is 12.1 Å². The molecule has 0 bridgehead atoms. The summed E-state index contributed by atoms with van der Waals surface area (Å²) in [4.78, 5) is 0. The largest absolute Gasteiger partial charge is 0.449 e. The fourth-order valence-corrected chi connectivity index (χ4v) is 2.87. The first-order valence-corrected chi connectivity index (χ1v) is 9.20. The highest BCUT2D eigenvalue weighted by molar-refractivity contribution is 7.82. The van der Waals surface area contributed by atoms with Crippen LogP contribution < -0.4 is 4.18 Å². The first kappa shape index (κ1) is 18.9. The Bertz CT molecular complexity index is 513. The van der Waals surface area contributed by atoms with Crippen molar-refractivity contribution < 1.29 is 21.9 Å². The Morgan fingerprint density at radius 2 is 1.73 bits per heavy atom. The van der Waals surface area contributed by atoms with Crippen LogP contribution in [0.4, 0.5) is 0 Å². The number of para-hydroxylation sites is 1. The summed E-state index contributed by atoms with van der Waals surface area (Å²) >= 11 is 0. The number of aliphatic hydroxyl groups is 1.